The summed E-state index contributed by atoms with van der Waals surface area (Å²) in [5, 5.41) is 2.73. The van der Waals surface area contributed by atoms with Gasteiger partial charge in [-0.1, -0.05) is 12.1 Å². The maximum atomic E-state index is 12.5. The maximum absolute atomic E-state index is 12.5. The summed E-state index contributed by atoms with van der Waals surface area (Å²) in [6, 6.07) is 11.3. The van der Waals surface area contributed by atoms with Gasteiger partial charge in [0.15, 0.2) is 5.60 Å². The fourth-order valence-corrected chi connectivity index (χ4v) is 4.29. The van der Waals surface area contributed by atoms with E-state index in [2.05, 4.69) is 26.0 Å². The molecule has 1 aliphatic heterocycles. The molecule has 8 heteroatoms. The van der Waals surface area contributed by atoms with Crippen LogP contribution in [-0.2, 0) is 14.8 Å². The van der Waals surface area contributed by atoms with Crippen molar-refractivity contribution in [2.45, 2.75) is 24.3 Å². The molecule has 3 rings (SSSR count). The minimum atomic E-state index is -3.75. The molecule has 0 radical (unpaired) electrons. The molecule has 0 aliphatic carbocycles. The molecule has 0 aromatic heterocycles. The quantitative estimate of drug-likeness (QED) is 0.812. The number of carbonyl (C=O) groups excluding carboxylic acids is 1. The Kier molecular flexibility index (Phi) is 4.05. The number of anilines is 2. The summed E-state index contributed by atoms with van der Waals surface area (Å²) in [6.45, 7) is 3.28. The summed E-state index contributed by atoms with van der Waals surface area (Å²) in [6.07, 6.45) is 0. The lowest BCUT2D eigenvalue weighted by molar-refractivity contribution is -0.129. The second kappa shape index (κ2) is 5.78. The smallest absolute Gasteiger partial charge is 0.268 e. The van der Waals surface area contributed by atoms with E-state index in [0.717, 1.165) is 0 Å². The van der Waals surface area contributed by atoms with Gasteiger partial charge in [-0.15, -0.1) is 0 Å². The molecule has 1 aliphatic rings. The summed E-state index contributed by atoms with van der Waals surface area (Å²) in [4.78, 5) is 12.0. The number of halogens is 1. The molecular formula is C16H15BrN2O4S. The molecule has 2 aromatic carbocycles. The zero-order chi connectivity index (χ0) is 17.5. The van der Waals surface area contributed by atoms with E-state index >= 15 is 0 Å². The van der Waals surface area contributed by atoms with Crippen LogP contribution < -0.4 is 14.8 Å². The number of hydrogen-bond donors (Lipinski definition) is 2. The molecule has 126 valence electrons. The highest BCUT2D eigenvalue weighted by Crippen LogP contribution is 2.36. The summed E-state index contributed by atoms with van der Waals surface area (Å²) < 4.78 is 33.7. The number of amides is 1. The van der Waals surface area contributed by atoms with E-state index in [4.69, 9.17) is 4.74 Å². The van der Waals surface area contributed by atoms with Crippen LogP contribution in [0.4, 0.5) is 11.4 Å². The molecule has 0 fully saturated rings. The zero-order valence-corrected chi connectivity index (χ0v) is 15.4. The number of carbonyl (C=O) groups is 1. The Bertz CT molecular complexity index is 925. The average Bonchev–Trinajstić information content (AvgIpc) is 2.48. The highest BCUT2D eigenvalue weighted by molar-refractivity contribution is 9.10. The molecule has 1 heterocycles. The lowest BCUT2D eigenvalue weighted by Gasteiger charge is -2.31. The number of sulfonamides is 1. The highest BCUT2D eigenvalue weighted by atomic mass is 79.9. The summed E-state index contributed by atoms with van der Waals surface area (Å²) in [5.41, 5.74) is -0.174. The van der Waals surface area contributed by atoms with E-state index in [0.29, 0.717) is 21.6 Å². The Balaban J connectivity index is 1.93. The van der Waals surface area contributed by atoms with Crippen LogP contribution in [-0.4, -0.2) is 19.9 Å². The molecule has 0 unspecified atom stereocenters. The fourth-order valence-electron chi connectivity index (χ4n) is 2.24. The second-order valence-corrected chi connectivity index (χ2v) is 8.32. The second-order valence-electron chi connectivity index (χ2n) is 5.81. The van der Waals surface area contributed by atoms with Crippen LogP contribution in [0.5, 0.6) is 5.75 Å². The number of ether oxygens (including phenoxy) is 1. The monoisotopic (exact) mass is 410 g/mol. The van der Waals surface area contributed by atoms with Gasteiger partial charge >= 0.3 is 0 Å². The van der Waals surface area contributed by atoms with Crippen molar-refractivity contribution >= 4 is 43.2 Å². The molecular weight excluding hydrogens is 396 g/mol. The van der Waals surface area contributed by atoms with Crippen molar-refractivity contribution in [1.82, 2.24) is 0 Å². The molecule has 1 amide bonds. The van der Waals surface area contributed by atoms with Gasteiger partial charge in [-0.2, -0.15) is 0 Å². The van der Waals surface area contributed by atoms with Crippen LogP contribution in [0.2, 0.25) is 0 Å². The van der Waals surface area contributed by atoms with E-state index in [1.54, 1.807) is 50.2 Å². The van der Waals surface area contributed by atoms with Gasteiger partial charge in [0.25, 0.3) is 15.9 Å². The van der Waals surface area contributed by atoms with Crippen LogP contribution in [0.1, 0.15) is 13.8 Å². The normalized spacial score (nSPS) is 15.9. The maximum Gasteiger partial charge on any atom is 0.268 e. The number of hydrogen-bond acceptors (Lipinski definition) is 4. The van der Waals surface area contributed by atoms with E-state index < -0.39 is 15.6 Å². The molecule has 0 saturated carbocycles. The number of rotatable bonds is 3. The third-order valence-corrected chi connectivity index (χ3v) is 5.91. The van der Waals surface area contributed by atoms with Gasteiger partial charge in [0.2, 0.25) is 0 Å². The Hall–Kier alpha value is -2.06. The highest BCUT2D eigenvalue weighted by Gasteiger charge is 2.35. The van der Waals surface area contributed by atoms with E-state index in [1.807, 2.05) is 0 Å². The van der Waals surface area contributed by atoms with Crippen LogP contribution in [0.3, 0.4) is 0 Å². The van der Waals surface area contributed by atoms with Crippen molar-refractivity contribution in [2.75, 3.05) is 10.0 Å². The third-order valence-electron chi connectivity index (χ3n) is 3.52. The first kappa shape index (κ1) is 16.8. The summed E-state index contributed by atoms with van der Waals surface area (Å²) >= 11 is 3.24. The Labute approximate surface area is 148 Å². The van der Waals surface area contributed by atoms with Gasteiger partial charge in [0.05, 0.1) is 11.4 Å². The first-order valence-corrected chi connectivity index (χ1v) is 9.38. The first-order valence-electron chi connectivity index (χ1n) is 7.11. The molecule has 2 N–H and O–H groups in total. The van der Waals surface area contributed by atoms with Gasteiger partial charge in [0.1, 0.15) is 10.6 Å². The van der Waals surface area contributed by atoms with Crippen molar-refractivity contribution in [3.8, 4) is 5.75 Å². The number of benzene rings is 2. The lowest BCUT2D eigenvalue weighted by Crippen LogP contribution is -2.45. The van der Waals surface area contributed by atoms with Crippen LogP contribution in [0.25, 0.3) is 0 Å². The molecule has 2 aromatic rings. The Morgan fingerprint density at radius 1 is 1.17 bits per heavy atom. The van der Waals surface area contributed by atoms with Crippen molar-refractivity contribution in [1.29, 1.82) is 0 Å². The SMILES string of the molecule is CC1(C)Oc2cc(NS(=O)(=O)c3ccccc3Br)ccc2NC1=O. The molecule has 0 spiro atoms. The summed E-state index contributed by atoms with van der Waals surface area (Å²) in [5.74, 6) is 0.156. The third kappa shape index (κ3) is 3.11. The predicted octanol–water partition coefficient (Wildman–Crippen LogP) is 3.36. The standard InChI is InChI=1S/C16H15BrN2O4S/c1-16(2)15(20)18-12-8-7-10(9-13(12)23-16)19-24(21,22)14-6-4-3-5-11(14)17/h3-9,19H,1-2H3,(H,18,20). The van der Waals surface area contributed by atoms with Gasteiger partial charge < -0.3 is 10.1 Å². The first-order chi connectivity index (χ1) is 11.2. The average molecular weight is 411 g/mol. The van der Waals surface area contributed by atoms with Crippen molar-refractivity contribution in [3.63, 3.8) is 0 Å². The molecule has 0 atom stereocenters. The minimum absolute atomic E-state index is 0.136. The van der Waals surface area contributed by atoms with E-state index in [9.17, 15) is 13.2 Å². The van der Waals surface area contributed by atoms with Crippen molar-refractivity contribution < 1.29 is 17.9 Å². The van der Waals surface area contributed by atoms with E-state index in [-0.39, 0.29) is 10.8 Å². The van der Waals surface area contributed by atoms with Crippen molar-refractivity contribution in [3.05, 3.63) is 46.9 Å². The van der Waals surface area contributed by atoms with Gasteiger partial charge in [-0.05, 0) is 54.0 Å². The van der Waals surface area contributed by atoms with Crippen LogP contribution in [0.15, 0.2) is 51.8 Å². The number of fused-ring (bicyclic) bond motifs is 1. The molecule has 0 bridgehead atoms. The lowest BCUT2D eigenvalue weighted by atomic mass is 10.1. The van der Waals surface area contributed by atoms with Gasteiger partial charge in [0, 0.05) is 10.5 Å². The zero-order valence-electron chi connectivity index (χ0n) is 13.0. The van der Waals surface area contributed by atoms with Crippen LogP contribution in [0, 0.1) is 0 Å². The topological polar surface area (TPSA) is 84.5 Å². The molecule has 6 nitrogen and oxygen atoms in total. The van der Waals surface area contributed by atoms with Gasteiger partial charge in [-0.3, -0.25) is 9.52 Å². The molecule has 0 saturated heterocycles. The van der Waals surface area contributed by atoms with Gasteiger partial charge in [-0.25, -0.2) is 8.42 Å². The molecule has 24 heavy (non-hydrogen) atoms. The van der Waals surface area contributed by atoms with Crippen molar-refractivity contribution in [2.24, 2.45) is 0 Å². The Morgan fingerprint density at radius 3 is 2.58 bits per heavy atom. The predicted molar refractivity (Wildman–Crippen MR) is 94.7 cm³/mol. The van der Waals surface area contributed by atoms with Crippen LogP contribution >= 0.6 is 15.9 Å². The summed E-state index contributed by atoms with van der Waals surface area (Å²) in [7, 11) is -3.75. The van der Waals surface area contributed by atoms with E-state index in [1.165, 1.54) is 6.07 Å². The largest absolute Gasteiger partial charge is 0.476 e. The number of nitrogens with one attached hydrogen (secondary N) is 2. The fraction of sp³-hybridized carbons (Fsp3) is 0.188. The Morgan fingerprint density at radius 2 is 1.88 bits per heavy atom. The minimum Gasteiger partial charge on any atom is -0.476 e.